The molecular weight excluding hydrogens is 396 g/mol. The number of fused-ring (bicyclic) bond motifs is 1. The summed E-state index contributed by atoms with van der Waals surface area (Å²) in [5, 5.41) is 14.3. The minimum atomic E-state index is -0.778. The number of carboxylic acids is 1. The number of nitrogens with one attached hydrogen (secondary N) is 2. The Morgan fingerprint density at radius 2 is 1.77 bits per heavy atom. The zero-order chi connectivity index (χ0) is 20.9. The van der Waals surface area contributed by atoms with Crippen LogP contribution in [0.5, 0.6) is 0 Å². The molecule has 0 aliphatic rings. The number of H-pyrrole nitrogens is 1. The quantitative estimate of drug-likeness (QED) is 0.317. The van der Waals surface area contributed by atoms with Gasteiger partial charge in [-0.05, 0) is 47.7 Å². The van der Waals surface area contributed by atoms with Crippen molar-refractivity contribution in [1.82, 2.24) is 4.98 Å². The number of hydrogen-bond donors (Lipinski definition) is 3. The first-order valence-electron chi connectivity index (χ1n) is 9.96. The summed E-state index contributed by atoms with van der Waals surface area (Å²) >= 11 is 6.24. The van der Waals surface area contributed by atoms with E-state index in [1.165, 1.54) is 11.1 Å². The molecule has 3 N–H and O–H groups in total. The van der Waals surface area contributed by atoms with Crippen molar-refractivity contribution in [3.8, 4) is 0 Å². The van der Waals surface area contributed by atoms with Crippen molar-refractivity contribution in [2.75, 3.05) is 5.32 Å². The Morgan fingerprint density at radius 3 is 2.50 bits per heavy atom. The van der Waals surface area contributed by atoms with Crippen molar-refractivity contribution in [3.63, 3.8) is 0 Å². The summed E-state index contributed by atoms with van der Waals surface area (Å²) in [6.07, 6.45) is 3.32. The van der Waals surface area contributed by atoms with Crippen LogP contribution in [-0.4, -0.2) is 16.1 Å². The van der Waals surface area contributed by atoms with Crippen LogP contribution in [0.2, 0.25) is 5.02 Å². The predicted octanol–water partition coefficient (Wildman–Crippen LogP) is 6.23. The number of carboxylic acid groups (broad SMARTS) is 1. The first kappa shape index (κ1) is 20.0. The maximum atomic E-state index is 10.8. The molecule has 1 unspecified atom stereocenters. The largest absolute Gasteiger partial charge is 0.481 e. The van der Waals surface area contributed by atoms with E-state index in [9.17, 15) is 4.79 Å². The molecular formula is C25H23ClN2O2. The number of benzene rings is 3. The molecule has 4 rings (SSSR count). The number of aromatic nitrogens is 1. The summed E-state index contributed by atoms with van der Waals surface area (Å²) < 4.78 is 0. The standard InChI is InChI=1S/C25H23ClN2O2/c26-22-16-27-24-15-19(9-12-21(22)24)23(14-18-4-2-1-3-5-18)28-20-10-6-17(7-11-20)8-13-25(29)30/h1-7,9-12,15-16,23,27-28H,8,13-14H2,(H,29,30). The fraction of sp³-hybridized carbons (Fsp3) is 0.160. The predicted molar refractivity (Wildman–Crippen MR) is 122 cm³/mol. The van der Waals surface area contributed by atoms with Crippen LogP contribution in [0.25, 0.3) is 10.9 Å². The molecule has 0 spiro atoms. The van der Waals surface area contributed by atoms with E-state index in [2.05, 4.69) is 52.8 Å². The number of aryl methyl sites for hydroxylation is 1. The third kappa shape index (κ3) is 4.84. The third-order valence-electron chi connectivity index (χ3n) is 5.26. The van der Waals surface area contributed by atoms with Gasteiger partial charge < -0.3 is 15.4 Å². The van der Waals surface area contributed by atoms with E-state index in [-0.39, 0.29) is 12.5 Å². The summed E-state index contributed by atoms with van der Waals surface area (Å²) in [5.74, 6) is -0.778. The van der Waals surface area contributed by atoms with Crippen LogP contribution in [0, 0.1) is 0 Å². The first-order chi connectivity index (χ1) is 14.6. The zero-order valence-corrected chi connectivity index (χ0v) is 17.2. The molecule has 0 saturated heterocycles. The summed E-state index contributed by atoms with van der Waals surface area (Å²) in [4.78, 5) is 14.0. The number of anilines is 1. The summed E-state index contributed by atoms with van der Waals surface area (Å²) in [6.45, 7) is 0. The second-order valence-electron chi connectivity index (χ2n) is 7.42. The molecule has 5 heteroatoms. The molecule has 4 aromatic rings. The molecule has 0 amide bonds. The second kappa shape index (κ2) is 9.06. The Hall–Kier alpha value is -3.24. The molecule has 0 saturated carbocycles. The van der Waals surface area contributed by atoms with Crippen LogP contribution in [0.15, 0.2) is 79.0 Å². The molecule has 0 bridgehead atoms. The highest BCUT2D eigenvalue weighted by Gasteiger charge is 2.14. The lowest BCUT2D eigenvalue weighted by Crippen LogP contribution is -2.14. The maximum Gasteiger partial charge on any atom is 0.303 e. The van der Waals surface area contributed by atoms with Gasteiger partial charge in [-0.2, -0.15) is 0 Å². The molecule has 1 heterocycles. The van der Waals surface area contributed by atoms with Crippen LogP contribution in [-0.2, 0) is 17.6 Å². The average molecular weight is 419 g/mol. The Bertz CT molecular complexity index is 1140. The van der Waals surface area contributed by atoms with E-state index in [0.29, 0.717) is 6.42 Å². The SMILES string of the molecule is O=C(O)CCc1ccc(NC(Cc2ccccc2)c2ccc3c(Cl)c[nH]c3c2)cc1. The van der Waals surface area contributed by atoms with Gasteiger partial charge in [-0.15, -0.1) is 0 Å². The summed E-state index contributed by atoms with van der Waals surface area (Å²) in [6, 6.07) is 24.8. The van der Waals surface area contributed by atoms with Gasteiger partial charge in [0.2, 0.25) is 0 Å². The highest BCUT2D eigenvalue weighted by molar-refractivity contribution is 6.35. The molecule has 30 heavy (non-hydrogen) atoms. The molecule has 3 aromatic carbocycles. The zero-order valence-electron chi connectivity index (χ0n) is 16.4. The van der Waals surface area contributed by atoms with Crippen molar-refractivity contribution in [2.24, 2.45) is 0 Å². The lowest BCUT2D eigenvalue weighted by molar-refractivity contribution is -0.136. The molecule has 152 valence electrons. The Labute approximate surface area is 180 Å². The monoisotopic (exact) mass is 418 g/mol. The summed E-state index contributed by atoms with van der Waals surface area (Å²) in [5.41, 5.74) is 5.45. The average Bonchev–Trinajstić information content (AvgIpc) is 3.13. The highest BCUT2D eigenvalue weighted by Crippen LogP contribution is 2.29. The van der Waals surface area contributed by atoms with Crippen molar-refractivity contribution >= 4 is 34.2 Å². The van der Waals surface area contributed by atoms with Crippen LogP contribution in [0.1, 0.15) is 29.2 Å². The fourth-order valence-corrected chi connectivity index (χ4v) is 3.87. The van der Waals surface area contributed by atoms with E-state index in [1.807, 2.05) is 36.5 Å². The van der Waals surface area contributed by atoms with Gasteiger partial charge in [-0.3, -0.25) is 4.79 Å². The van der Waals surface area contributed by atoms with E-state index in [1.54, 1.807) is 0 Å². The van der Waals surface area contributed by atoms with E-state index >= 15 is 0 Å². The minimum Gasteiger partial charge on any atom is -0.481 e. The van der Waals surface area contributed by atoms with Gasteiger partial charge in [0.1, 0.15) is 0 Å². The Balaban J connectivity index is 1.59. The van der Waals surface area contributed by atoms with Gasteiger partial charge in [0.25, 0.3) is 0 Å². The number of carbonyl (C=O) groups is 1. The molecule has 4 nitrogen and oxygen atoms in total. The summed E-state index contributed by atoms with van der Waals surface area (Å²) in [7, 11) is 0. The Morgan fingerprint density at radius 1 is 1.00 bits per heavy atom. The van der Waals surface area contributed by atoms with Crippen LogP contribution >= 0.6 is 11.6 Å². The van der Waals surface area contributed by atoms with E-state index in [4.69, 9.17) is 16.7 Å². The van der Waals surface area contributed by atoms with Crippen LogP contribution in [0.3, 0.4) is 0 Å². The molecule has 0 aliphatic carbocycles. The van der Waals surface area contributed by atoms with Crippen molar-refractivity contribution in [2.45, 2.75) is 25.3 Å². The topological polar surface area (TPSA) is 65.1 Å². The van der Waals surface area contributed by atoms with Gasteiger partial charge >= 0.3 is 5.97 Å². The van der Waals surface area contributed by atoms with Crippen LogP contribution < -0.4 is 5.32 Å². The lowest BCUT2D eigenvalue weighted by Gasteiger charge is -2.21. The van der Waals surface area contributed by atoms with Gasteiger partial charge in [-0.1, -0.05) is 66.2 Å². The Kier molecular flexibility index (Phi) is 6.05. The number of hydrogen-bond acceptors (Lipinski definition) is 2. The van der Waals surface area contributed by atoms with Crippen molar-refractivity contribution < 1.29 is 9.90 Å². The van der Waals surface area contributed by atoms with Crippen molar-refractivity contribution in [1.29, 1.82) is 0 Å². The number of rotatable bonds is 8. The van der Waals surface area contributed by atoms with Gasteiger partial charge in [0.05, 0.1) is 11.1 Å². The number of halogens is 1. The van der Waals surface area contributed by atoms with Gasteiger partial charge in [-0.25, -0.2) is 0 Å². The number of aliphatic carboxylic acids is 1. The smallest absolute Gasteiger partial charge is 0.303 e. The second-order valence-corrected chi connectivity index (χ2v) is 7.83. The lowest BCUT2D eigenvalue weighted by atomic mass is 9.97. The first-order valence-corrected chi connectivity index (χ1v) is 10.3. The van der Waals surface area contributed by atoms with Gasteiger partial charge in [0, 0.05) is 29.2 Å². The third-order valence-corrected chi connectivity index (χ3v) is 5.58. The van der Waals surface area contributed by atoms with Crippen molar-refractivity contribution in [3.05, 3.63) is 101 Å². The van der Waals surface area contributed by atoms with Gasteiger partial charge in [0.15, 0.2) is 0 Å². The highest BCUT2D eigenvalue weighted by atomic mass is 35.5. The number of aromatic amines is 1. The molecule has 0 aliphatic heterocycles. The molecule has 1 aromatic heterocycles. The fourth-order valence-electron chi connectivity index (χ4n) is 3.65. The maximum absolute atomic E-state index is 10.8. The van der Waals surface area contributed by atoms with E-state index < -0.39 is 5.97 Å². The molecule has 1 atom stereocenters. The normalized spacial score (nSPS) is 12.0. The van der Waals surface area contributed by atoms with Crippen LogP contribution in [0.4, 0.5) is 5.69 Å². The van der Waals surface area contributed by atoms with E-state index in [0.717, 1.165) is 33.6 Å². The minimum absolute atomic E-state index is 0.0729. The molecule has 0 fully saturated rings. The molecule has 0 radical (unpaired) electrons.